The Balaban J connectivity index is 1.72. The fourth-order valence-electron chi connectivity index (χ4n) is 4.32. The van der Waals surface area contributed by atoms with Crippen molar-refractivity contribution >= 4 is 28.4 Å². The van der Waals surface area contributed by atoms with E-state index in [1.165, 1.54) is 0 Å². The standard InChI is InChI=1S/C26H28N4O/c1-4-5-13-30-24(29(3)14-12-27)17-20-10-11-21(26(31)25(20)30)16-23-22-9-7-6-8-19(22)15-18(2)28-23/h6-11,15,17,21H,12-14,16,27H2,1-3H3. The summed E-state index contributed by atoms with van der Waals surface area (Å²) in [7, 11) is 2.00. The van der Waals surface area contributed by atoms with Crippen molar-refractivity contribution in [1.29, 1.82) is 0 Å². The number of pyridine rings is 1. The number of likely N-dealkylation sites (N-methyl/N-ethyl adjacent to an activating group) is 1. The Bertz CT molecular complexity index is 1230. The molecule has 2 aromatic heterocycles. The van der Waals surface area contributed by atoms with E-state index in [-0.39, 0.29) is 11.7 Å². The molecule has 3 aromatic rings. The van der Waals surface area contributed by atoms with Crippen LogP contribution in [-0.2, 0) is 13.0 Å². The summed E-state index contributed by atoms with van der Waals surface area (Å²) in [5.41, 5.74) is 9.37. The van der Waals surface area contributed by atoms with Gasteiger partial charge >= 0.3 is 0 Å². The van der Waals surface area contributed by atoms with Gasteiger partial charge in [0.05, 0.1) is 12.2 Å². The van der Waals surface area contributed by atoms with Gasteiger partial charge in [-0.2, -0.15) is 0 Å². The lowest BCUT2D eigenvalue weighted by Gasteiger charge is -2.22. The molecule has 2 N–H and O–H groups in total. The molecule has 31 heavy (non-hydrogen) atoms. The van der Waals surface area contributed by atoms with Crippen LogP contribution in [0.2, 0.25) is 0 Å². The minimum absolute atomic E-state index is 0.121. The van der Waals surface area contributed by atoms with E-state index in [1.807, 2.05) is 43.7 Å². The van der Waals surface area contributed by atoms with Crippen molar-refractivity contribution in [3.63, 3.8) is 0 Å². The van der Waals surface area contributed by atoms with Crippen molar-refractivity contribution in [2.24, 2.45) is 11.7 Å². The number of hydrogen-bond donors (Lipinski definition) is 1. The smallest absolute Gasteiger partial charge is 0.187 e. The summed E-state index contributed by atoms with van der Waals surface area (Å²) >= 11 is 0. The third-order valence-electron chi connectivity index (χ3n) is 5.81. The molecule has 0 aliphatic heterocycles. The molecule has 1 aliphatic carbocycles. The van der Waals surface area contributed by atoms with Gasteiger partial charge in [-0.3, -0.25) is 9.78 Å². The second kappa shape index (κ2) is 8.79. The number of nitrogens with two attached hydrogens (primary N) is 1. The van der Waals surface area contributed by atoms with Gasteiger partial charge in [0.25, 0.3) is 0 Å². The number of ketones is 1. The van der Waals surface area contributed by atoms with Crippen LogP contribution in [0.1, 0.15) is 34.4 Å². The van der Waals surface area contributed by atoms with Crippen molar-refractivity contribution in [2.45, 2.75) is 26.8 Å². The monoisotopic (exact) mass is 412 g/mol. The van der Waals surface area contributed by atoms with E-state index in [2.05, 4.69) is 47.1 Å². The first kappa shape index (κ1) is 20.9. The van der Waals surface area contributed by atoms with E-state index >= 15 is 0 Å². The highest BCUT2D eigenvalue weighted by Gasteiger charge is 2.30. The summed E-state index contributed by atoms with van der Waals surface area (Å²) in [5.74, 6) is 6.91. The maximum Gasteiger partial charge on any atom is 0.187 e. The fourth-order valence-corrected chi connectivity index (χ4v) is 4.32. The highest BCUT2D eigenvalue weighted by atomic mass is 16.1. The Morgan fingerprint density at radius 3 is 2.84 bits per heavy atom. The lowest BCUT2D eigenvalue weighted by Crippen LogP contribution is -2.28. The number of Topliss-reactive ketones (excluding diaryl/α,β-unsaturated/α-hetero) is 1. The summed E-state index contributed by atoms with van der Waals surface area (Å²) in [5, 5.41) is 2.26. The van der Waals surface area contributed by atoms with Crippen LogP contribution in [0.3, 0.4) is 0 Å². The topological polar surface area (TPSA) is 64.2 Å². The molecule has 1 aromatic carbocycles. The van der Waals surface area contributed by atoms with E-state index in [0.29, 0.717) is 26.1 Å². The second-order valence-electron chi connectivity index (χ2n) is 8.00. The average molecular weight is 413 g/mol. The lowest BCUT2D eigenvalue weighted by molar-refractivity contribution is 0.0934. The fraction of sp³-hybridized carbons (Fsp3) is 0.308. The van der Waals surface area contributed by atoms with Crippen LogP contribution in [0, 0.1) is 24.7 Å². The van der Waals surface area contributed by atoms with E-state index in [9.17, 15) is 4.79 Å². The van der Waals surface area contributed by atoms with Gasteiger partial charge in [0.2, 0.25) is 0 Å². The van der Waals surface area contributed by atoms with Crippen LogP contribution >= 0.6 is 0 Å². The molecule has 4 rings (SSSR count). The SMILES string of the molecule is CC#CCn1c(N(C)CCN)cc2c1C(=O)C(Cc1nc(C)cc3ccccc13)C=C2. The van der Waals surface area contributed by atoms with E-state index in [4.69, 9.17) is 10.7 Å². The zero-order chi connectivity index (χ0) is 22.0. The first-order chi connectivity index (χ1) is 15.0. The molecule has 1 atom stereocenters. The van der Waals surface area contributed by atoms with Crippen molar-refractivity contribution in [2.75, 3.05) is 25.0 Å². The molecule has 1 aliphatic rings. The molecule has 0 fully saturated rings. The molecular formula is C26H28N4O. The number of hydrogen-bond acceptors (Lipinski definition) is 4. The van der Waals surface area contributed by atoms with Gasteiger partial charge in [-0.05, 0) is 31.4 Å². The average Bonchev–Trinajstić information content (AvgIpc) is 3.13. The highest BCUT2D eigenvalue weighted by molar-refractivity contribution is 6.04. The molecule has 0 saturated heterocycles. The maximum atomic E-state index is 13.6. The third-order valence-corrected chi connectivity index (χ3v) is 5.81. The molecule has 0 bridgehead atoms. The summed E-state index contributed by atoms with van der Waals surface area (Å²) in [6.07, 6.45) is 4.66. The normalized spacial score (nSPS) is 15.0. The van der Waals surface area contributed by atoms with Crippen LogP contribution in [0.15, 0.2) is 42.5 Å². The number of rotatable bonds is 6. The van der Waals surface area contributed by atoms with Crippen molar-refractivity contribution < 1.29 is 4.79 Å². The van der Waals surface area contributed by atoms with Gasteiger partial charge in [0.15, 0.2) is 5.78 Å². The van der Waals surface area contributed by atoms with Gasteiger partial charge in [0, 0.05) is 54.8 Å². The van der Waals surface area contributed by atoms with E-state index in [1.54, 1.807) is 0 Å². The van der Waals surface area contributed by atoms with Crippen LogP contribution < -0.4 is 10.6 Å². The molecule has 1 unspecified atom stereocenters. The predicted molar refractivity (Wildman–Crippen MR) is 127 cm³/mol. The zero-order valence-corrected chi connectivity index (χ0v) is 18.4. The van der Waals surface area contributed by atoms with Crippen LogP contribution in [0.25, 0.3) is 16.8 Å². The zero-order valence-electron chi connectivity index (χ0n) is 18.4. The van der Waals surface area contributed by atoms with Crippen LogP contribution in [-0.4, -0.2) is 35.5 Å². The quantitative estimate of drug-likeness (QED) is 0.625. The summed E-state index contributed by atoms with van der Waals surface area (Å²) in [6, 6.07) is 12.4. The second-order valence-corrected chi connectivity index (χ2v) is 8.00. The Labute approximate surface area is 183 Å². The van der Waals surface area contributed by atoms with Gasteiger partial charge in [-0.25, -0.2) is 0 Å². The Morgan fingerprint density at radius 1 is 1.26 bits per heavy atom. The Kier molecular flexibility index (Phi) is 5.92. The number of benzene rings is 1. The first-order valence-corrected chi connectivity index (χ1v) is 10.7. The minimum atomic E-state index is -0.249. The molecule has 0 saturated carbocycles. The summed E-state index contributed by atoms with van der Waals surface area (Å²) in [6.45, 7) is 5.56. The summed E-state index contributed by atoms with van der Waals surface area (Å²) in [4.78, 5) is 20.5. The number of carbonyl (C=O) groups excluding carboxylic acids is 1. The minimum Gasteiger partial charge on any atom is -0.360 e. The number of aryl methyl sites for hydroxylation is 1. The number of nitrogens with zero attached hydrogens (tertiary/aromatic N) is 3. The molecule has 158 valence electrons. The van der Waals surface area contributed by atoms with Gasteiger partial charge in [-0.15, -0.1) is 5.92 Å². The Morgan fingerprint density at radius 2 is 2.06 bits per heavy atom. The predicted octanol–water partition coefficient (Wildman–Crippen LogP) is 3.83. The lowest BCUT2D eigenvalue weighted by atomic mass is 9.88. The molecule has 5 heteroatoms. The molecule has 0 amide bonds. The highest BCUT2D eigenvalue weighted by Crippen LogP contribution is 2.32. The van der Waals surface area contributed by atoms with Crippen molar-refractivity contribution in [3.8, 4) is 11.8 Å². The van der Waals surface area contributed by atoms with E-state index in [0.717, 1.165) is 39.2 Å². The van der Waals surface area contributed by atoms with Crippen molar-refractivity contribution in [1.82, 2.24) is 9.55 Å². The number of aromatic nitrogens is 2. The third kappa shape index (κ3) is 3.99. The molecular weight excluding hydrogens is 384 g/mol. The van der Waals surface area contributed by atoms with Crippen LogP contribution in [0.5, 0.6) is 0 Å². The van der Waals surface area contributed by atoms with Gasteiger partial charge in [0.1, 0.15) is 5.82 Å². The van der Waals surface area contributed by atoms with E-state index < -0.39 is 0 Å². The van der Waals surface area contributed by atoms with Gasteiger partial charge < -0.3 is 15.2 Å². The summed E-state index contributed by atoms with van der Waals surface area (Å²) < 4.78 is 2.03. The van der Waals surface area contributed by atoms with Gasteiger partial charge in [-0.1, -0.05) is 42.3 Å². The van der Waals surface area contributed by atoms with Crippen LogP contribution in [0.4, 0.5) is 5.82 Å². The number of fused-ring (bicyclic) bond motifs is 2. The molecule has 2 heterocycles. The molecule has 0 radical (unpaired) electrons. The number of allylic oxidation sites excluding steroid dienone is 1. The number of anilines is 1. The largest absolute Gasteiger partial charge is 0.360 e. The van der Waals surface area contributed by atoms with Crippen molar-refractivity contribution in [3.05, 3.63) is 65.1 Å². The maximum absolute atomic E-state index is 13.6. The number of carbonyl (C=O) groups is 1. The first-order valence-electron chi connectivity index (χ1n) is 10.7. The molecule has 0 spiro atoms. The molecule has 5 nitrogen and oxygen atoms in total. The Hall–Kier alpha value is -3.36.